The third-order valence-electron chi connectivity index (χ3n) is 8.27. The van der Waals surface area contributed by atoms with Gasteiger partial charge in [0.15, 0.2) is 0 Å². The van der Waals surface area contributed by atoms with Crippen molar-refractivity contribution >= 4 is 28.4 Å². The number of nitrogens with one attached hydrogen (secondary N) is 1. The third kappa shape index (κ3) is 4.83. The van der Waals surface area contributed by atoms with Gasteiger partial charge in [0.2, 0.25) is 0 Å². The van der Waals surface area contributed by atoms with Gasteiger partial charge in [-0.3, -0.25) is 4.79 Å². The summed E-state index contributed by atoms with van der Waals surface area (Å²) in [5, 5.41) is 1.73. The van der Waals surface area contributed by atoms with Gasteiger partial charge in [-0.05, 0) is 110 Å². The van der Waals surface area contributed by atoms with Crippen LogP contribution in [-0.4, -0.2) is 46.9 Å². The molecule has 1 amide bonds. The zero-order chi connectivity index (χ0) is 26.2. The second-order valence-electron chi connectivity index (χ2n) is 10.4. The van der Waals surface area contributed by atoms with E-state index in [9.17, 15) is 13.6 Å². The fourth-order valence-corrected chi connectivity index (χ4v) is 6.52. The maximum Gasteiger partial charge on any atom is 0.254 e. The lowest BCUT2D eigenvalue weighted by atomic mass is 9.88. The Balaban J connectivity index is 1.16. The van der Waals surface area contributed by atoms with E-state index >= 15 is 0 Å². The molecule has 38 heavy (non-hydrogen) atoms. The average Bonchev–Trinajstić information content (AvgIpc) is 3.35. The van der Waals surface area contributed by atoms with Gasteiger partial charge in [0.1, 0.15) is 11.6 Å². The summed E-state index contributed by atoms with van der Waals surface area (Å²) >= 11 is 6.55. The highest BCUT2D eigenvalue weighted by Crippen LogP contribution is 2.38. The first-order chi connectivity index (χ1) is 18.5. The van der Waals surface area contributed by atoms with E-state index in [2.05, 4.69) is 16.0 Å². The van der Waals surface area contributed by atoms with Gasteiger partial charge >= 0.3 is 0 Å². The van der Waals surface area contributed by atoms with Crippen LogP contribution < -0.4 is 0 Å². The standard InChI is InChI=1S/C31H30ClF2N3O/c32-28-3-1-2-25-24(28)12-17-37(31(38)21-4-6-22(33)7-5-21)30(25)13-16-36-14-10-20(11-15-36)27-19-35-29-9-8-23(34)18-26(27)29/h1-9,18-20,30,35H,10-17H2. The number of aromatic nitrogens is 1. The van der Waals surface area contributed by atoms with E-state index in [4.69, 9.17) is 11.6 Å². The molecule has 1 atom stereocenters. The Hall–Kier alpha value is -3.22. The first-order valence-corrected chi connectivity index (χ1v) is 13.7. The maximum atomic E-state index is 13.9. The number of nitrogens with zero attached hydrogens (tertiary/aromatic N) is 2. The zero-order valence-electron chi connectivity index (χ0n) is 21.1. The molecule has 3 aromatic carbocycles. The molecule has 7 heteroatoms. The van der Waals surface area contributed by atoms with Crippen LogP contribution in [0.25, 0.3) is 10.9 Å². The van der Waals surface area contributed by atoms with Crippen molar-refractivity contribution in [3.8, 4) is 0 Å². The quantitative estimate of drug-likeness (QED) is 0.297. The highest BCUT2D eigenvalue weighted by molar-refractivity contribution is 6.31. The molecule has 0 spiro atoms. The molecule has 1 saturated heterocycles. The molecule has 1 aromatic heterocycles. The molecule has 2 aliphatic rings. The van der Waals surface area contributed by atoms with E-state index in [-0.39, 0.29) is 23.6 Å². The van der Waals surface area contributed by atoms with Crippen molar-refractivity contribution in [2.45, 2.75) is 37.6 Å². The molecule has 1 unspecified atom stereocenters. The van der Waals surface area contributed by atoms with Crippen molar-refractivity contribution < 1.29 is 13.6 Å². The summed E-state index contributed by atoms with van der Waals surface area (Å²) < 4.78 is 27.4. The number of H-pyrrole nitrogens is 1. The number of halogens is 3. The second kappa shape index (κ2) is 10.5. The minimum Gasteiger partial charge on any atom is -0.361 e. The second-order valence-corrected chi connectivity index (χ2v) is 10.8. The number of hydrogen-bond acceptors (Lipinski definition) is 2. The van der Waals surface area contributed by atoms with Gasteiger partial charge in [0.05, 0.1) is 6.04 Å². The summed E-state index contributed by atoms with van der Waals surface area (Å²) in [6.07, 6.45) is 5.55. The van der Waals surface area contributed by atoms with Gasteiger partial charge in [0.25, 0.3) is 5.91 Å². The zero-order valence-corrected chi connectivity index (χ0v) is 21.9. The molecule has 2 aliphatic heterocycles. The molecule has 0 radical (unpaired) electrons. The number of benzene rings is 3. The Morgan fingerprint density at radius 2 is 1.71 bits per heavy atom. The Labute approximate surface area is 226 Å². The van der Waals surface area contributed by atoms with Crippen LogP contribution in [0.15, 0.2) is 66.9 Å². The minimum absolute atomic E-state index is 0.0779. The third-order valence-corrected chi connectivity index (χ3v) is 8.62. The summed E-state index contributed by atoms with van der Waals surface area (Å²) in [5.41, 5.74) is 4.90. The summed E-state index contributed by atoms with van der Waals surface area (Å²) in [4.78, 5) is 21.2. The number of fused-ring (bicyclic) bond motifs is 2. The number of carbonyl (C=O) groups is 1. The topological polar surface area (TPSA) is 39.3 Å². The van der Waals surface area contributed by atoms with Gasteiger partial charge in [-0.15, -0.1) is 0 Å². The van der Waals surface area contributed by atoms with Crippen molar-refractivity contribution in [2.24, 2.45) is 0 Å². The Morgan fingerprint density at radius 3 is 2.50 bits per heavy atom. The summed E-state index contributed by atoms with van der Waals surface area (Å²) in [5.74, 6) is -0.239. The fourth-order valence-electron chi connectivity index (χ4n) is 6.24. The molecule has 0 bridgehead atoms. The number of piperidine rings is 1. The van der Waals surface area contributed by atoms with Crippen LogP contribution in [0.2, 0.25) is 5.02 Å². The van der Waals surface area contributed by atoms with Gasteiger partial charge in [-0.1, -0.05) is 23.7 Å². The van der Waals surface area contributed by atoms with Gasteiger partial charge < -0.3 is 14.8 Å². The number of likely N-dealkylation sites (tertiary alicyclic amines) is 1. The smallest absolute Gasteiger partial charge is 0.254 e. The van der Waals surface area contributed by atoms with E-state index in [1.54, 1.807) is 24.3 Å². The lowest BCUT2D eigenvalue weighted by molar-refractivity contribution is 0.0630. The van der Waals surface area contributed by atoms with Crippen molar-refractivity contribution in [1.29, 1.82) is 0 Å². The molecule has 0 saturated carbocycles. The number of rotatable bonds is 5. The predicted octanol–water partition coefficient (Wildman–Crippen LogP) is 7.11. The molecule has 0 aliphatic carbocycles. The SMILES string of the molecule is O=C(c1ccc(F)cc1)N1CCc2c(Cl)cccc2C1CCN1CCC(c2c[nH]c3ccc(F)cc23)CC1. The van der Waals surface area contributed by atoms with E-state index in [1.165, 1.54) is 23.8 Å². The summed E-state index contributed by atoms with van der Waals surface area (Å²) in [6.45, 7) is 3.34. The monoisotopic (exact) mass is 533 g/mol. The number of amides is 1. The first-order valence-electron chi connectivity index (χ1n) is 13.3. The van der Waals surface area contributed by atoms with Crippen LogP contribution in [0.5, 0.6) is 0 Å². The van der Waals surface area contributed by atoms with Crippen LogP contribution in [0.3, 0.4) is 0 Å². The largest absolute Gasteiger partial charge is 0.361 e. The maximum absolute atomic E-state index is 13.9. The average molecular weight is 534 g/mol. The molecule has 3 heterocycles. The normalized spacial score (nSPS) is 18.6. The Morgan fingerprint density at radius 1 is 0.947 bits per heavy atom. The minimum atomic E-state index is -0.352. The van der Waals surface area contributed by atoms with Crippen LogP contribution in [-0.2, 0) is 6.42 Å². The molecular weight excluding hydrogens is 504 g/mol. The molecule has 6 rings (SSSR count). The van der Waals surface area contributed by atoms with Crippen molar-refractivity contribution in [3.63, 3.8) is 0 Å². The first kappa shape index (κ1) is 25.1. The highest BCUT2D eigenvalue weighted by Gasteiger charge is 2.33. The molecule has 4 nitrogen and oxygen atoms in total. The van der Waals surface area contributed by atoms with Crippen molar-refractivity contribution in [3.05, 3.63) is 106 Å². The number of aromatic amines is 1. The van der Waals surface area contributed by atoms with Gasteiger partial charge in [-0.2, -0.15) is 0 Å². The molecular formula is C31H30ClF2N3O. The van der Waals surface area contributed by atoms with Gasteiger partial charge in [0, 0.05) is 40.8 Å². The van der Waals surface area contributed by atoms with Crippen LogP contribution >= 0.6 is 11.6 Å². The Kier molecular flexibility index (Phi) is 6.93. The van der Waals surface area contributed by atoms with E-state index in [1.807, 2.05) is 23.2 Å². The predicted molar refractivity (Wildman–Crippen MR) is 147 cm³/mol. The van der Waals surface area contributed by atoms with Crippen LogP contribution in [0.4, 0.5) is 8.78 Å². The molecule has 4 aromatic rings. The summed E-state index contributed by atoms with van der Waals surface area (Å²) in [6, 6.07) is 16.6. The molecule has 196 valence electrons. The lowest BCUT2D eigenvalue weighted by Crippen LogP contribution is -2.42. The number of carbonyl (C=O) groups excluding carboxylic acids is 1. The van der Waals surface area contributed by atoms with Crippen molar-refractivity contribution in [2.75, 3.05) is 26.2 Å². The molecule has 1 fully saturated rings. The number of hydrogen-bond donors (Lipinski definition) is 1. The van der Waals surface area contributed by atoms with Crippen LogP contribution in [0.1, 0.15) is 58.3 Å². The van der Waals surface area contributed by atoms with Crippen molar-refractivity contribution in [1.82, 2.24) is 14.8 Å². The van der Waals surface area contributed by atoms with E-state index in [0.29, 0.717) is 24.4 Å². The van der Waals surface area contributed by atoms with Gasteiger partial charge in [-0.25, -0.2) is 8.78 Å². The molecule has 1 N–H and O–H groups in total. The van der Waals surface area contributed by atoms with Crippen LogP contribution in [0, 0.1) is 11.6 Å². The fraction of sp³-hybridized carbons (Fsp3) is 0.323. The highest BCUT2D eigenvalue weighted by atomic mass is 35.5. The Bertz CT molecular complexity index is 1460. The lowest BCUT2D eigenvalue weighted by Gasteiger charge is -2.40. The van der Waals surface area contributed by atoms with E-state index < -0.39 is 0 Å². The summed E-state index contributed by atoms with van der Waals surface area (Å²) in [7, 11) is 0. The van der Waals surface area contributed by atoms with E-state index in [0.717, 1.165) is 65.9 Å².